The number of methoxy groups -OCH3 is 1. The molecule has 0 aliphatic rings. The molecule has 0 atom stereocenters. The Balaban J connectivity index is 2.62. The number of ether oxygens (including phenoxy) is 1. The Morgan fingerprint density at radius 1 is 1.52 bits per heavy atom. The van der Waals surface area contributed by atoms with Crippen molar-refractivity contribution in [2.45, 2.75) is 25.8 Å². The maximum Gasteiger partial charge on any atom is 0.222 e. The monoisotopic (exact) mass is 294 g/mol. The van der Waals surface area contributed by atoms with E-state index < -0.39 is 0 Å². The van der Waals surface area contributed by atoms with Crippen molar-refractivity contribution in [3.05, 3.63) is 30.1 Å². The molecule has 0 fully saturated rings. The first-order valence-electron chi connectivity index (χ1n) is 6.79. The standard InChI is InChI=1S/C14H22N4O3/c1-21-9-3-5-14(19)18(8-6-13(15)17-20)11-12-4-2-7-16-10-12/h2,4,7,10,20H,3,5-6,8-9,11H2,1H3,(H2,15,17). The first-order chi connectivity index (χ1) is 10.2. The number of carbonyl (C=O) groups is 1. The molecule has 0 aromatic carbocycles. The highest BCUT2D eigenvalue weighted by Gasteiger charge is 2.14. The van der Waals surface area contributed by atoms with Crippen LogP contribution < -0.4 is 5.73 Å². The summed E-state index contributed by atoms with van der Waals surface area (Å²) in [5, 5.41) is 11.5. The second-order valence-corrected chi connectivity index (χ2v) is 4.61. The van der Waals surface area contributed by atoms with E-state index in [4.69, 9.17) is 15.7 Å². The van der Waals surface area contributed by atoms with Gasteiger partial charge in [-0.2, -0.15) is 0 Å². The fourth-order valence-corrected chi connectivity index (χ4v) is 1.83. The van der Waals surface area contributed by atoms with Crippen LogP contribution in [0.2, 0.25) is 0 Å². The van der Waals surface area contributed by atoms with E-state index in [0.29, 0.717) is 39.0 Å². The molecule has 1 heterocycles. The van der Waals surface area contributed by atoms with Gasteiger partial charge in [-0.25, -0.2) is 0 Å². The Labute approximate surface area is 124 Å². The number of hydrogen-bond acceptors (Lipinski definition) is 5. The van der Waals surface area contributed by atoms with Crippen LogP contribution in [0.5, 0.6) is 0 Å². The molecular formula is C14H22N4O3. The third-order valence-electron chi connectivity index (χ3n) is 2.95. The molecular weight excluding hydrogens is 272 g/mol. The normalized spacial score (nSPS) is 11.4. The van der Waals surface area contributed by atoms with Gasteiger partial charge in [-0.1, -0.05) is 11.2 Å². The van der Waals surface area contributed by atoms with Gasteiger partial charge in [0.15, 0.2) is 0 Å². The lowest BCUT2D eigenvalue weighted by Crippen LogP contribution is -2.33. The maximum absolute atomic E-state index is 12.2. The van der Waals surface area contributed by atoms with Crippen LogP contribution in [0, 0.1) is 0 Å². The molecule has 0 saturated carbocycles. The number of amidine groups is 1. The van der Waals surface area contributed by atoms with E-state index in [2.05, 4.69) is 10.1 Å². The van der Waals surface area contributed by atoms with Gasteiger partial charge in [-0.15, -0.1) is 0 Å². The number of nitrogens with zero attached hydrogens (tertiary/aromatic N) is 3. The zero-order valence-corrected chi connectivity index (χ0v) is 12.2. The fourth-order valence-electron chi connectivity index (χ4n) is 1.83. The minimum absolute atomic E-state index is 0.0154. The fraction of sp³-hybridized carbons (Fsp3) is 0.500. The number of rotatable bonds is 9. The summed E-state index contributed by atoms with van der Waals surface area (Å²) in [4.78, 5) is 18.0. The van der Waals surface area contributed by atoms with E-state index in [1.165, 1.54) is 0 Å². The van der Waals surface area contributed by atoms with Crippen LogP contribution in [-0.2, 0) is 16.1 Å². The summed E-state index contributed by atoms with van der Waals surface area (Å²) in [7, 11) is 1.61. The molecule has 7 heteroatoms. The summed E-state index contributed by atoms with van der Waals surface area (Å²) in [6.45, 7) is 1.40. The molecule has 3 N–H and O–H groups in total. The van der Waals surface area contributed by atoms with E-state index in [9.17, 15) is 4.79 Å². The van der Waals surface area contributed by atoms with Crippen molar-refractivity contribution >= 4 is 11.7 Å². The quantitative estimate of drug-likeness (QED) is 0.232. The van der Waals surface area contributed by atoms with Crippen molar-refractivity contribution in [2.24, 2.45) is 10.9 Å². The summed E-state index contributed by atoms with van der Waals surface area (Å²) < 4.78 is 4.95. The highest BCUT2D eigenvalue weighted by atomic mass is 16.5. The zero-order valence-electron chi connectivity index (χ0n) is 12.2. The third-order valence-corrected chi connectivity index (χ3v) is 2.95. The molecule has 1 rings (SSSR count). The second kappa shape index (κ2) is 9.71. The minimum atomic E-state index is 0.0154. The molecule has 1 amide bonds. The Hall–Kier alpha value is -2.15. The average molecular weight is 294 g/mol. The van der Waals surface area contributed by atoms with Gasteiger partial charge in [0, 0.05) is 52.0 Å². The zero-order chi connectivity index (χ0) is 15.5. The van der Waals surface area contributed by atoms with E-state index in [0.717, 1.165) is 5.56 Å². The SMILES string of the molecule is COCCCC(=O)N(CC/C(N)=N/O)Cc1cccnc1. The van der Waals surface area contributed by atoms with Gasteiger partial charge in [-0.3, -0.25) is 9.78 Å². The van der Waals surface area contributed by atoms with E-state index in [1.807, 2.05) is 12.1 Å². The summed E-state index contributed by atoms with van der Waals surface area (Å²) in [6.07, 6.45) is 4.81. The number of hydrogen-bond donors (Lipinski definition) is 2. The van der Waals surface area contributed by atoms with Crippen LogP contribution in [-0.4, -0.2) is 47.1 Å². The summed E-state index contributed by atoms with van der Waals surface area (Å²) in [5.41, 5.74) is 6.41. The number of nitrogens with two attached hydrogens (primary N) is 1. The predicted octanol–water partition coefficient (Wildman–Crippen LogP) is 0.973. The lowest BCUT2D eigenvalue weighted by atomic mass is 10.2. The van der Waals surface area contributed by atoms with Crippen LogP contribution >= 0.6 is 0 Å². The molecule has 0 saturated heterocycles. The topological polar surface area (TPSA) is 101 Å². The van der Waals surface area contributed by atoms with Gasteiger partial charge in [0.2, 0.25) is 5.91 Å². The smallest absolute Gasteiger partial charge is 0.222 e. The minimum Gasteiger partial charge on any atom is -0.409 e. The van der Waals surface area contributed by atoms with Crippen molar-refractivity contribution in [1.29, 1.82) is 0 Å². The van der Waals surface area contributed by atoms with Gasteiger partial charge in [0.05, 0.1) is 0 Å². The number of carbonyl (C=O) groups excluding carboxylic acids is 1. The number of aromatic nitrogens is 1. The molecule has 0 aliphatic carbocycles. The third kappa shape index (κ3) is 6.71. The number of pyridine rings is 1. The molecule has 21 heavy (non-hydrogen) atoms. The first-order valence-corrected chi connectivity index (χ1v) is 6.79. The van der Waals surface area contributed by atoms with Crippen LogP contribution in [0.15, 0.2) is 29.7 Å². The number of amides is 1. The maximum atomic E-state index is 12.2. The summed E-state index contributed by atoms with van der Waals surface area (Å²) >= 11 is 0. The van der Waals surface area contributed by atoms with Gasteiger partial charge in [0.25, 0.3) is 0 Å². The molecule has 0 spiro atoms. The molecule has 0 unspecified atom stereocenters. The second-order valence-electron chi connectivity index (χ2n) is 4.61. The Morgan fingerprint density at radius 2 is 2.33 bits per heavy atom. The molecule has 0 radical (unpaired) electrons. The first kappa shape index (κ1) is 16.9. The molecule has 0 aliphatic heterocycles. The van der Waals surface area contributed by atoms with Gasteiger partial charge in [0.1, 0.15) is 5.84 Å². The largest absolute Gasteiger partial charge is 0.409 e. The predicted molar refractivity (Wildman–Crippen MR) is 78.8 cm³/mol. The lowest BCUT2D eigenvalue weighted by Gasteiger charge is -2.22. The van der Waals surface area contributed by atoms with Crippen molar-refractivity contribution in [3.63, 3.8) is 0 Å². The van der Waals surface area contributed by atoms with Gasteiger partial charge < -0.3 is 20.6 Å². The highest BCUT2D eigenvalue weighted by Crippen LogP contribution is 2.07. The van der Waals surface area contributed by atoms with Crippen LogP contribution in [0.3, 0.4) is 0 Å². The van der Waals surface area contributed by atoms with Gasteiger partial charge >= 0.3 is 0 Å². The summed E-state index contributed by atoms with van der Waals surface area (Å²) in [5.74, 6) is 0.123. The Morgan fingerprint density at radius 3 is 2.95 bits per heavy atom. The molecule has 1 aromatic heterocycles. The van der Waals surface area contributed by atoms with E-state index in [-0.39, 0.29) is 11.7 Å². The van der Waals surface area contributed by atoms with Gasteiger partial charge in [-0.05, 0) is 18.1 Å². The van der Waals surface area contributed by atoms with Crippen molar-refractivity contribution in [2.75, 3.05) is 20.3 Å². The average Bonchev–Trinajstić information content (AvgIpc) is 2.52. The van der Waals surface area contributed by atoms with Crippen molar-refractivity contribution in [1.82, 2.24) is 9.88 Å². The van der Waals surface area contributed by atoms with Crippen LogP contribution in [0.25, 0.3) is 0 Å². The Bertz CT molecular complexity index is 451. The Kier molecular flexibility index (Phi) is 7.81. The lowest BCUT2D eigenvalue weighted by molar-refractivity contribution is -0.132. The molecule has 1 aromatic rings. The molecule has 116 valence electrons. The highest BCUT2D eigenvalue weighted by molar-refractivity contribution is 5.81. The van der Waals surface area contributed by atoms with Crippen LogP contribution in [0.4, 0.5) is 0 Å². The van der Waals surface area contributed by atoms with E-state index >= 15 is 0 Å². The molecule has 7 nitrogen and oxygen atoms in total. The number of oxime groups is 1. The summed E-state index contributed by atoms with van der Waals surface area (Å²) in [6, 6.07) is 3.73. The van der Waals surface area contributed by atoms with Crippen molar-refractivity contribution in [3.8, 4) is 0 Å². The van der Waals surface area contributed by atoms with E-state index in [1.54, 1.807) is 24.4 Å². The van der Waals surface area contributed by atoms with Crippen molar-refractivity contribution < 1.29 is 14.7 Å². The molecule has 0 bridgehead atoms. The van der Waals surface area contributed by atoms with Crippen LogP contribution in [0.1, 0.15) is 24.8 Å².